The summed E-state index contributed by atoms with van der Waals surface area (Å²) in [7, 11) is 0. The highest BCUT2D eigenvalue weighted by Crippen LogP contribution is 2.14. The minimum atomic E-state index is -0.458. The van der Waals surface area contributed by atoms with Crippen molar-refractivity contribution in [3.63, 3.8) is 0 Å². The average Bonchev–Trinajstić information content (AvgIpc) is 2.94. The summed E-state index contributed by atoms with van der Waals surface area (Å²) in [6.45, 7) is 5.95. The molecule has 0 saturated carbocycles. The van der Waals surface area contributed by atoms with Gasteiger partial charge in [-0.2, -0.15) is 0 Å². The topological polar surface area (TPSA) is 93.5 Å². The number of benzene rings is 1. The van der Waals surface area contributed by atoms with Crippen LogP contribution in [0.2, 0.25) is 0 Å². The number of amides is 2. The minimum Gasteiger partial charge on any atom is -0.494 e. The molecule has 0 unspecified atom stereocenters. The maximum atomic E-state index is 12.1. The van der Waals surface area contributed by atoms with Crippen molar-refractivity contribution in [2.45, 2.75) is 27.2 Å². The predicted molar refractivity (Wildman–Crippen MR) is 83.2 cm³/mol. The van der Waals surface area contributed by atoms with Crippen LogP contribution in [-0.4, -0.2) is 23.6 Å². The Bertz CT molecular complexity index is 692. The highest BCUT2D eigenvalue weighted by atomic mass is 16.5. The van der Waals surface area contributed by atoms with E-state index in [4.69, 9.17) is 9.26 Å². The molecule has 2 N–H and O–H groups in total. The molecule has 1 aromatic heterocycles. The number of ether oxygens (including phenoxy) is 1. The Morgan fingerprint density at radius 3 is 2.39 bits per heavy atom. The SMILES string of the molecule is CCOc1ccc(C(=O)NNC(=O)c2c(CC)noc2C)cc1. The molecule has 0 aliphatic carbocycles. The van der Waals surface area contributed by atoms with Gasteiger partial charge >= 0.3 is 0 Å². The molecule has 2 aromatic rings. The first-order chi connectivity index (χ1) is 11.1. The number of carbonyl (C=O) groups is 2. The van der Waals surface area contributed by atoms with Crippen LogP contribution in [0.15, 0.2) is 28.8 Å². The molecular weight excluding hydrogens is 298 g/mol. The van der Waals surface area contributed by atoms with E-state index in [9.17, 15) is 9.59 Å². The normalized spacial score (nSPS) is 10.2. The number of hydrazine groups is 1. The zero-order chi connectivity index (χ0) is 16.8. The molecule has 7 heteroatoms. The summed E-state index contributed by atoms with van der Waals surface area (Å²) < 4.78 is 10.3. The van der Waals surface area contributed by atoms with Crippen LogP contribution in [0.4, 0.5) is 0 Å². The molecule has 0 bridgehead atoms. The molecule has 0 saturated heterocycles. The molecule has 1 aromatic carbocycles. The predicted octanol–water partition coefficient (Wildman–Crippen LogP) is 2.02. The Balaban J connectivity index is 1.98. The number of hydrogen-bond acceptors (Lipinski definition) is 5. The summed E-state index contributed by atoms with van der Waals surface area (Å²) in [6.07, 6.45) is 0.562. The highest BCUT2D eigenvalue weighted by molar-refractivity contribution is 6.00. The van der Waals surface area contributed by atoms with Gasteiger partial charge in [-0.05, 0) is 44.5 Å². The van der Waals surface area contributed by atoms with Crippen LogP contribution in [0.5, 0.6) is 5.75 Å². The first-order valence-corrected chi connectivity index (χ1v) is 7.35. The quantitative estimate of drug-likeness (QED) is 0.823. The van der Waals surface area contributed by atoms with Crippen molar-refractivity contribution in [2.75, 3.05) is 6.61 Å². The Kier molecular flexibility index (Phi) is 5.35. The molecule has 0 radical (unpaired) electrons. The van der Waals surface area contributed by atoms with Gasteiger partial charge in [-0.25, -0.2) is 0 Å². The standard InChI is InChI=1S/C16H19N3O4/c1-4-13-14(10(3)23-19-13)16(21)18-17-15(20)11-6-8-12(9-7-11)22-5-2/h6-9H,4-5H2,1-3H3,(H,17,20)(H,18,21). The summed E-state index contributed by atoms with van der Waals surface area (Å²) in [5, 5.41) is 3.81. The van der Waals surface area contributed by atoms with E-state index in [1.807, 2.05) is 13.8 Å². The molecule has 122 valence electrons. The lowest BCUT2D eigenvalue weighted by atomic mass is 10.1. The fraction of sp³-hybridized carbons (Fsp3) is 0.312. The Morgan fingerprint density at radius 1 is 1.13 bits per heavy atom. The van der Waals surface area contributed by atoms with Gasteiger partial charge in [-0.1, -0.05) is 12.1 Å². The van der Waals surface area contributed by atoms with Gasteiger partial charge in [0.05, 0.1) is 12.3 Å². The summed E-state index contributed by atoms with van der Waals surface area (Å²) in [5.41, 5.74) is 6.04. The van der Waals surface area contributed by atoms with Crippen molar-refractivity contribution < 1.29 is 18.8 Å². The molecule has 0 atom stereocenters. The molecule has 23 heavy (non-hydrogen) atoms. The first-order valence-electron chi connectivity index (χ1n) is 7.35. The molecule has 1 heterocycles. The van der Waals surface area contributed by atoms with Crippen LogP contribution in [0.3, 0.4) is 0 Å². The molecule has 0 aliphatic rings. The maximum Gasteiger partial charge on any atom is 0.275 e. The van der Waals surface area contributed by atoms with Crippen LogP contribution >= 0.6 is 0 Å². The molecule has 0 spiro atoms. The summed E-state index contributed by atoms with van der Waals surface area (Å²) in [5.74, 6) is 0.212. The second-order valence-corrected chi connectivity index (χ2v) is 4.78. The Morgan fingerprint density at radius 2 is 1.78 bits per heavy atom. The lowest BCUT2D eigenvalue weighted by Gasteiger charge is -2.08. The van der Waals surface area contributed by atoms with E-state index in [-0.39, 0.29) is 0 Å². The molecule has 0 fully saturated rings. The van der Waals surface area contributed by atoms with Crippen molar-refractivity contribution in [1.82, 2.24) is 16.0 Å². The Labute approximate surface area is 134 Å². The van der Waals surface area contributed by atoms with E-state index >= 15 is 0 Å². The molecule has 2 amide bonds. The molecular formula is C16H19N3O4. The fourth-order valence-electron chi connectivity index (χ4n) is 2.07. The average molecular weight is 317 g/mol. The highest BCUT2D eigenvalue weighted by Gasteiger charge is 2.19. The smallest absolute Gasteiger partial charge is 0.275 e. The maximum absolute atomic E-state index is 12.1. The van der Waals surface area contributed by atoms with Gasteiger partial charge in [0.25, 0.3) is 11.8 Å². The van der Waals surface area contributed by atoms with E-state index in [1.165, 1.54) is 0 Å². The van der Waals surface area contributed by atoms with Crippen LogP contribution < -0.4 is 15.6 Å². The van der Waals surface area contributed by atoms with E-state index in [2.05, 4.69) is 16.0 Å². The first kappa shape index (κ1) is 16.5. The van der Waals surface area contributed by atoms with Gasteiger partial charge in [-0.15, -0.1) is 0 Å². The third-order valence-electron chi connectivity index (χ3n) is 3.21. The van der Waals surface area contributed by atoms with Crippen molar-refractivity contribution in [3.8, 4) is 5.75 Å². The Hall–Kier alpha value is -2.83. The van der Waals surface area contributed by atoms with Crippen molar-refractivity contribution >= 4 is 11.8 Å². The summed E-state index contributed by atoms with van der Waals surface area (Å²) in [6, 6.07) is 6.63. The number of nitrogens with one attached hydrogen (secondary N) is 2. The number of rotatable bonds is 5. The monoisotopic (exact) mass is 317 g/mol. The lowest BCUT2D eigenvalue weighted by Crippen LogP contribution is -2.42. The lowest BCUT2D eigenvalue weighted by molar-refractivity contribution is 0.0845. The van der Waals surface area contributed by atoms with Crippen LogP contribution in [0.1, 0.15) is 46.0 Å². The van der Waals surface area contributed by atoms with Crippen molar-refractivity contribution in [3.05, 3.63) is 46.8 Å². The van der Waals surface area contributed by atoms with Gasteiger partial charge in [0, 0.05) is 5.56 Å². The summed E-state index contributed by atoms with van der Waals surface area (Å²) >= 11 is 0. The van der Waals surface area contributed by atoms with Gasteiger partial charge < -0.3 is 9.26 Å². The zero-order valence-corrected chi connectivity index (χ0v) is 13.3. The number of carbonyl (C=O) groups excluding carboxylic acids is 2. The zero-order valence-electron chi connectivity index (χ0n) is 13.3. The van der Waals surface area contributed by atoms with E-state index in [0.29, 0.717) is 41.4 Å². The van der Waals surface area contributed by atoms with E-state index < -0.39 is 11.8 Å². The van der Waals surface area contributed by atoms with E-state index in [0.717, 1.165) is 0 Å². The van der Waals surface area contributed by atoms with Crippen LogP contribution in [0.25, 0.3) is 0 Å². The van der Waals surface area contributed by atoms with Gasteiger partial charge in [0.2, 0.25) is 0 Å². The van der Waals surface area contributed by atoms with Gasteiger partial charge in [0.15, 0.2) is 0 Å². The molecule has 0 aliphatic heterocycles. The number of nitrogens with zero attached hydrogens (tertiary/aromatic N) is 1. The molecule has 2 rings (SSSR count). The third-order valence-corrected chi connectivity index (χ3v) is 3.21. The van der Waals surface area contributed by atoms with Crippen molar-refractivity contribution in [1.29, 1.82) is 0 Å². The van der Waals surface area contributed by atoms with E-state index in [1.54, 1.807) is 31.2 Å². The van der Waals surface area contributed by atoms with Gasteiger partial charge in [-0.3, -0.25) is 20.4 Å². The summed E-state index contributed by atoms with van der Waals surface area (Å²) in [4.78, 5) is 24.2. The largest absolute Gasteiger partial charge is 0.494 e. The second kappa shape index (κ2) is 7.44. The number of aryl methyl sites for hydroxylation is 2. The number of hydrogen-bond donors (Lipinski definition) is 2. The van der Waals surface area contributed by atoms with Crippen molar-refractivity contribution in [2.24, 2.45) is 0 Å². The third kappa shape index (κ3) is 3.88. The van der Waals surface area contributed by atoms with Crippen LogP contribution in [-0.2, 0) is 6.42 Å². The van der Waals surface area contributed by atoms with Crippen LogP contribution in [0, 0.1) is 6.92 Å². The number of aromatic nitrogens is 1. The minimum absolute atomic E-state index is 0.347. The second-order valence-electron chi connectivity index (χ2n) is 4.78. The van der Waals surface area contributed by atoms with Gasteiger partial charge in [0.1, 0.15) is 17.1 Å². The molecule has 7 nitrogen and oxygen atoms in total. The fourth-order valence-corrected chi connectivity index (χ4v) is 2.07.